The van der Waals surface area contributed by atoms with Crippen molar-refractivity contribution in [2.24, 2.45) is 5.92 Å². The predicted molar refractivity (Wildman–Crippen MR) is 160 cm³/mol. The summed E-state index contributed by atoms with van der Waals surface area (Å²) in [5, 5.41) is 12.9. The Morgan fingerprint density at radius 3 is 2.36 bits per heavy atom. The van der Waals surface area contributed by atoms with Crippen LogP contribution in [0.3, 0.4) is 0 Å². The Morgan fingerprint density at radius 1 is 1.10 bits per heavy atom. The fourth-order valence-corrected chi connectivity index (χ4v) is 6.05. The third-order valence-corrected chi connectivity index (χ3v) is 9.19. The average molecular weight is 603 g/mol. The molecule has 1 aromatic carbocycles. The second-order valence-corrected chi connectivity index (χ2v) is 15.3. The molecule has 0 spiro atoms. The molecule has 11 heteroatoms. The van der Waals surface area contributed by atoms with Gasteiger partial charge in [-0.05, 0) is 95.7 Å². The minimum atomic E-state index is -1.49. The van der Waals surface area contributed by atoms with Crippen molar-refractivity contribution in [3.05, 3.63) is 59.7 Å². The normalized spacial score (nSPS) is 21.5. The molecule has 1 unspecified atom stereocenters. The summed E-state index contributed by atoms with van der Waals surface area (Å²) in [7, 11) is -1.49. The zero-order valence-electron chi connectivity index (χ0n) is 25.3. The van der Waals surface area contributed by atoms with Crippen LogP contribution in [0.25, 0.3) is 0 Å². The van der Waals surface area contributed by atoms with E-state index in [1.807, 2.05) is 32.9 Å². The quantitative estimate of drug-likeness (QED) is 0.371. The molecule has 2 amide bonds. The molecule has 1 aromatic heterocycles. The molecule has 1 aliphatic heterocycles. The molecular formula is C31H43FN4O5S. The number of amides is 2. The maximum Gasteiger partial charge on any atom is 0.411 e. The van der Waals surface area contributed by atoms with Gasteiger partial charge in [0.1, 0.15) is 17.5 Å². The molecule has 42 heavy (non-hydrogen) atoms. The van der Waals surface area contributed by atoms with Crippen LogP contribution in [0.5, 0.6) is 0 Å². The number of aliphatic hydroxyl groups is 1. The van der Waals surface area contributed by atoms with Crippen LogP contribution >= 0.6 is 0 Å². The first-order chi connectivity index (χ1) is 19.6. The van der Waals surface area contributed by atoms with Gasteiger partial charge in [-0.25, -0.2) is 18.1 Å². The molecule has 2 heterocycles. The van der Waals surface area contributed by atoms with Gasteiger partial charge < -0.3 is 15.2 Å². The number of β-amino-alcohol motifs (C(OH)–C–C–N with tert-alkyl or cyclic N) is 1. The van der Waals surface area contributed by atoms with Gasteiger partial charge >= 0.3 is 6.09 Å². The lowest BCUT2D eigenvalue weighted by Gasteiger charge is -2.38. The second kappa shape index (κ2) is 12.4. The van der Waals surface area contributed by atoms with Gasteiger partial charge in [-0.15, -0.1) is 0 Å². The molecule has 1 saturated heterocycles. The molecule has 230 valence electrons. The van der Waals surface area contributed by atoms with Crippen LogP contribution in [-0.2, 0) is 26.1 Å². The first kappa shape index (κ1) is 32.0. The number of ether oxygens (including phenoxy) is 1. The van der Waals surface area contributed by atoms with Crippen molar-refractivity contribution in [2.75, 3.05) is 11.9 Å². The van der Waals surface area contributed by atoms with Gasteiger partial charge in [0, 0.05) is 18.8 Å². The molecule has 4 rings (SSSR count). The number of carbonyl (C=O) groups excluding carboxylic acids is 2. The van der Waals surface area contributed by atoms with Crippen LogP contribution in [0.15, 0.2) is 42.7 Å². The van der Waals surface area contributed by atoms with E-state index in [1.165, 1.54) is 11.0 Å². The van der Waals surface area contributed by atoms with Crippen LogP contribution in [0.4, 0.5) is 14.9 Å². The van der Waals surface area contributed by atoms with E-state index >= 15 is 4.39 Å². The van der Waals surface area contributed by atoms with E-state index in [2.05, 4.69) is 15.0 Å². The lowest BCUT2D eigenvalue weighted by molar-refractivity contribution is -0.120. The van der Waals surface area contributed by atoms with Crippen molar-refractivity contribution >= 4 is 28.7 Å². The number of anilines is 1. The van der Waals surface area contributed by atoms with Gasteiger partial charge in [0.05, 0.1) is 39.6 Å². The number of nitrogens with one attached hydrogen (secondary N) is 2. The maximum atomic E-state index is 15.3. The van der Waals surface area contributed by atoms with E-state index in [1.54, 1.807) is 45.3 Å². The third kappa shape index (κ3) is 7.73. The Morgan fingerprint density at radius 2 is 1.76 bits per heavy atom. The van der Waals surface area contributed by atoms with Gasteiger partial charge in [-0.3, -0.25) is 14.7 Å². The van der Waals surface area contributed by atoms with Gasteiger partial charge in [-0.1, -0.05) is 18.9 Å². The van der Waals surface area contributed by atoms with Crippen LogP contribution in [-0.4, -0.2) is 60.2 Å². The molecular weight excluding hydrogens is 559 g/mol. The summed E-state index contributed by atoms with van der Waals surface area (Å²) in [5.41, 5.74) is -0.351. The minimum absolute atomic E-state index is 0.000841. The van der Waals surface area contributed by atoms with Gasteiger partial charge in [0.15, 0.2) is 0 Å². The third-order valence-electron chi connectivity index (χ3n) is 7.55. The monoisotopic (exact) mass is 602 g/mol. The van der Waals surface area contributed by atoms with Crippen LogP contribution < -0.4 is 10.0 Å². The first-order valence-electron chi connectivity index (χ1n) is 14.5. The number of hydrogen-bond acceptors (Lipinski definition) is 6. The zero-order valence-corrected chi connectivity index (χ0v) is 26.1. The summed E-state index contributed by atoms with van der Waals surface area (Å²) in [6.07, 6.45) is 5.46. The van der Waals surface area contributed by atoms with Crippen molar-refractivity contribution in [1.29, 1.82) is 0 Å². The summed E-state index contributed by atoms with van der Waals surface area (Å²) >= 11 is 0. The highest BCUT2D eigenvalue weighted by molar-refractivity contribution is 7.84. The van der Waals surface area contributed by atoms with E-state index in [9.17, 15) is 18.9 Å². The van der Waals surface area contributed by atoms with Crippen molar-refractivity contribution < 1.29 is 28.0 Å². The van der Waals surface area contributed by atoms with Crippen molar-refractivity contribution in [3.8, 4) is 0 Å². The maximum absolute atomic E-state index is 15.3. The van der Waals surface area contributed by atoms with E-state index in [0.717, 1.165) is 24.8 Å². The summed E-state index contributed by atoms with van der Waals surface area (Å²) in [6, 6.07) is 7.19. The van der Waals surface area contributed by atoms with Gasteiger partial charge in [0.25, 0.3) is 0 Å². The summed E-state index contributed by atoms with van der Waals surface area (Å²) in [4.78, 5) is 31.6. The fourth-order valence-electron chi connectivity index (χ4n) is 5.09. The summed E-state index contributed by atoms with van der Waals surface area (Å²) in [5.74, 6) is -0.715. The largest absolute Gasteiger partial charge is 0.444 e. The number of aromatic nitrogens is 1. The molecule has 2 fully saturated rings. The molecule has 9 nitrogen and oxygen atoms in total. The number of benzene rings is 1. The van der Waals surface area contributed by atoms with E-state index < -0.39 is 56.8 Å². The molecule has 1 saturated carbocycles. The van der Waals surface area contributed by atoms with E-state index in [0.29, 0.717) is 17.9 Å². The Kier molecular flexibility index (Phi) is 9.44. The molecule has 0 bridgehead atoms. The highest BCUT2D eigenvalue weighted by atomic mass is 32.2. The molecule has 2 aromatic rings. The van der Waals surface area contributed by atoms with Crippen molar-refractivity contribution in [3.63, 3.8) is 0 Å². The number of halogens is 1. The van der Waals surface area contributed by atoms with Crippen LogP contribution in [0.2, 0.25) is 0 Å². The molecule has 4 atom stereocenters. The molecule has 1 aliphatic carbocycles. The topological polar surface area (TPSA) is 121 Å². The zero-order chi connectivity index (χ0) is 30.9. The lowest BCUT2D eigenvalue weighted by Crippen LogP contribution is -2.49. The molecule has 3 N–H and O–H groups in total. The summed E-state index contributed by atoms with van der Waals surface area (Å²) < 4.78 is 37.1. The fraction of sp³-hybridized carbons (Fsp3) is 0.581. The van der Waals surface area contributed by atoms with Gasteiger partial charge in [-0.2, -0.15) is 0 Å². The number of aliphatic hydroxyl groups excluding tert-OH is 1. The number of hydrogen-bond donors (Lipinski definition) is 3. The number of rotatable bonds is 9. The number of carbonyl (C=O) groups is 2. The second-order valence-electron chi connectivity index (χ2n) is 13.3. The van der Waals surface area contributed by atoms with Crippen molar-refractivity contribution in [1.82, 2.24) is 14.6 Å². The SMILES string of the molecule is CC(C)(C)OC(=O)N1C[C@H](O)C[C@@H]1C(=O)Nc1cc(C(CCC2CC2)(N[S@](=O)C(C)(C)C)c2ccncc2)ccc1F. The number of likely N-dealkylation sites (tertiary alicyclic amines) is 1. The predicted octanol–water partition coefficient (Wildman–Crippen LogP) is 5.02. The summed E-state index contributed by atoms with van der Waals surface area (Å²) in [6.45, 7) is 10.7. The smallest absolute Gasteiger partial charge is 0.411 e. The van der Waals surface area contributed by atoms with E-state index in [4.69, 9.17) is 4.74 Å². The standard InChI is InChI=1S/C31H43FN4O5S/c1-29(2,3)41-28(39)36-19-23(37)18-26(36)27(38)34-25-17-22(9-10-24(25)32)31(14-11-20-7-8-20,21-12-15-33-16-13-21)35-42(40)30(4,5)6/h9-10,12-13,15-17,20,23,26,35,37H,7-8,11,14,18-19H2,1-6H3,(H,34,38)/t23-,26-,31?,42-/m1/s1. The minimum Gasteiger partial charge on any atom is -0.444 e. The number of pyridine rings is 1. The molecule has 0 radical (unpaired) electrons. The molecule has 2 aliphatic rings. The highest BCUT2D eigenvalue weighted by Gasteiger charge is 2.42. The highest BCUT2D eigenvalue weighted by Crippen LogP contribution is 2.42. The first-order valence-corrected chi connectivity index (χ1v) is 15.6. The Hall–Kier alpha value is -2.89. The van der Waals surface area contributed by atoms with Crippen molar-refractivity contribution in [2.45, 2.75) is 102 Å². The lowest BCUT2D eigenvalue weighted by atomic mass is 9.79. The van der Waals surface area contributed by atoms with Gasteiger partial charge in [0.2, 0.25) is 5.91 Å². The van der Waals surface area contributed by atoms with Crippen LogP contribution in [0, 0.1) is 11.7 Å². The Bertz CT molecular complexity index is 1310. The Balaban J connectivity index is 1.70. The van der Waals surface area contributed by atoms with Crippen LogP contribution in [0.1, 0.15) is 84.8 Å². The average Bonchev–Trinajstić information content (AvgIpc) is 3.65. The van der Waals surface area contributed by atoms with E-state index in [-0.39, 0.29) is 18.7 Å². The Labute approximate surface area is 250 Å². The number of nitrogens with zero attached hydrogens (tertiary/aromatic N) is 2.